The Balaban J connectivity index is 2.93. The van der Waals surface area contributed by atoms with Gasteiger partial charge in [0.2, 0.25) is 0 Å². The summed E-state index contributed by atoms with van der Waals surface area (Å²) < 4.78 is 19.0. The average Bonchev–Trinajstić information content (AvgIpc) is 2.54. The third-order valence-electron chi connectivity index (χ3n) is 4.33. The minimum absolute atomic E-state index is 0.420. The summed E-state index contributed by atoms with van der Waals surface area (Å²) in [6.45, 7) is 15.0. The first-order chi connectivity index (χ1) is 10.6. The van der Waals surface area contributed by atoms with Crippen molar-refractivity contribution in [1.29, 1.82) is 0 Å². The molecule has 1 aliphatic rings. The molecule has 0 spiro atoms. The van der Waals surface area contributed by atoms with Gasteiger partial charge in [-0.25, -0.2) is 0 Å². The summed E-state index contributed by atoms with van der Waals surface area (Å²) in [6, 6.07) is 0. The molecule has 0 N–H and O–H groups in total. The zero-order chi connectivity index (χ0) is 16.4. The fourth-order valence-electron chi connectivity index (χ4n) is 3.35. The van der Waals surface area contributed by atoms with Crippen molar-refractivity contribution >= 4 is 8.80 Å². The molecule has 130 valence electrons. The number of hydrogen-bond acceptors (Lipinski definition) is 3. The molecule has 1 saturated carbocycles. The van der Waals surface area contributed by atoms with Crippen LogP contribution in [0, 0.1) is 11.8 Å². The molecule has 0 bridgehead atoms. The van der Waals surface area contributed by atoms with Gasteiger partial charge in [0.25, 0.3) is 0 Å². The van der Waals surface area contributed by atoms with E-state index < -0.39 is 8.80 Å². The predicted molar refractivity (Wildman–Crippen MR) is 94.9 cm³/mol. The molecule has 3 atom stereocenters. The Labute approximate surface area is 138 Å². The highest BCUT2D eigenvalue weighted by Gasteiger charge is 2.51. The fourth-order valence-corrected chi connectivity index (χ4v) is 7.05. The van der Waals surface area contributed by atoms with Crippen LogP contribution in [0.1, 0.15) is 66.2 Å². The van der Waals surface area contributed by atoms with Crippen molar-refractivity contribution in [3.05, 3.63) is 12.7 Å². The van der Waals surface area contributed by atoms with Crippen LogP contribution >= 0.6 is 0 Å². The molecule has 3 unspecified atom stereocenters. The van der Waals surface area contributed by atoms with Gasteiger partial charge in [0.15, 0.2) is 0 Å². The van der Waals surface area contributed by atoms with Gasteiger partial charge >= 0.3 is 8.80 Å². The van der Waals surface area contributed by atoms with Crippen molar-refractivity contribution in [2.24, 2.45) is 11.8 Å². The number of allylic oxidation sites excluding steroid dienone is 1. The molecule has 0 heterocycles. The molecule has 0 aromatic heterocycles. The van der Waals surface area contributed by atoms with E-state index in [-0.39, 0.29) is 0 Å². The lowest BCUT2D eigenvalue weighted by molar-refractivity contribution is 0.0401. The van der Waals surface area contributed by atoms with Crippen LogP contribution in [-0.2, 0) is 13.3 Å². The Morgan fingerprint density at radius 1 is 0.909 bits per heavy atom. The minimum atomic E-state index is -2.61. The highest BCUT2D eigenvalue weighted by molar-refractivity contribution is 6.62. The molecule has 0 saturated heterocycles. The van der Waals surface area contributed by atoms with Gasteiger partial charge in [0.1, 0.15) is 0 Å². The van der Waals surface area contributed by atoms with Gasteiger partial charge in [-0.3, -0.25) is 0 Å². The SMILES string of the molecule is C=CC1CC(C)CC([Si](OCCC)(OCCC)OCCC)C1. The van der Waals surface area contributed by atoms with Gasteiger partial charge in [-0.2, -0.15) is 0 Å². The van der Waals surface area contributed by atoms with Crippen molar-refractivity contribution in [2.75, 3.05) is 19.8 Å². The second-order valence-corrected chi connectivity index (χ2v) is 9.54. The molecule has 1 rings (SSSR count). The average molecular weight is 329 g/mol. The minimum Gasteiger partial charge on any atom is -0.373 e. The zero-order valence-electron chi connectivity index (χ0n) is 15.1. The lowest BCUT2D eigenvalue weighted by Gasteiger charge is -2.41. The van der Waals surface area contributed by atoms with Crippen LogP contribution in [-0.4, -0.2) is 28.6 Å². The van der Waals surface area contributed by atoms with E-state index in [9.17, 15) is 0 Å². The summed E-state index contributed by atoms with van der Waals surface area (Å²) in [5.41, 5.74) is 0.420. The first-order valence-electron chi connectivity index (χ1n) is 9.16. The van der Waals surface area contributed by atoms with E-state index in [0.29, 0.717) is 17.4 Å². The fraction of sp³-hybridized carbons (Fsp3) is 0.889. The Kier molecular flexibility index (Phi) is 9.56. The quantitative estimate of drug-likeness (QED) is 0.385. The molecule has 0 amide bonds. The third kappa shape index (κ3) is 5.80. The molecule has 0 aromatic carbocycles. The molecule has 22 heavy (non-hydrogen) atoms. The molecular weight excluding hydrogens is 292 g/mol. The molecule has 0 aliphatic heterocycles. The van der Waals surface area contributed by atoms with Crippen molar-refractivity contribution in [2.45, 2.75) is 71.8 Å². The molecule has 4 heteroatoms. The summed E-state index contributed by atoms with van der Waals surface area (Å²) in [7, 11) is -2.61. The summed E-state index contributed by atoms with van der Waals surface area (Å²) >= 11 is 0. The lowest BCUT2D eigenvalue weighted by Crippen LogP contribution is -2.52. The maximum absolute atomic E-state index is 6.32. The highest BCUT2D eigenvalue weighted by atomic mass is 28.4. The lowest BCUT2D eigenvalue weighted by atomic mass is 9.82. The summed E-state index contributed by atoms with van der Waals surface area (Å²) in [6.07, 6.45) is 8.64. The van der Waals surface area contributed by atoms with E-state index >= 15 is 0 Å². The van der Waals surface area contributed by atoms with Crippen LogP contribution in [0.3, 0.4) is 0 Å². The van der Waals surface area contributed by atoms with Crippen LogP contribution in [0.4, 0.5) is 0 Å². The van der Waals surface area contributed by atoms with E-state index in [4.69, 9.17) is 13.3 Å². The van der Waals surface area contributed by atoms with Crippen molar-refractivity contribution in [1.82, 2.24) is 0 Å². The monoisotopic (exact) mass is 328 g/mol. The maximum Gasteiger partial charge on any atom is 0.504 e. The van der Waals surface area contributed by atoms with Gasteiger partial charge in [-0.1, -0.05) is 33.8 Å². The van der Waals surface area contributed by atoms with Crippen LogP contribution in [0.2, 0.25) is 5.54 Å². The Bertz CT molecular complexity index is 287. The predicted octanol–water partition coefficient (Wildman–Crippen LogP) is 5.20. The topological polar surface area (TPSA) is 27.7 Å². The molecule has 0 aromatic rings. The Morgan fingerprint density at radius 3 is 1.82 bits per heavy atom. The third-order valence-corrected chi connectivity index (χ3v) is 7.63. The van der Waals surface area contributed by atoms with E-state index in [0.717, 1.165) is 51.9 Å². The maximum atomic E-state index is 6.32. The molecular formula is C18H36O3Si. The highest BCUT2D eigenvalue weighted by Crippen LogP contribution is 2.44. The standard InChI is InChI=1S/C18H36O3Si/c1-6-10-19-22(20-11-7-2,21-12-8-3)18-14-16(5)13-17(9-4)15-18/h9,16-18H,4,6-8,10-15H2,1-3,5H3. The van der Waals surface area contributed by atoms with Crippen LogP contribution in [0.25, 0.3) is 0 Å². The smallest absolute Gasteiger partial charge is 0.373 e. The largest absolute Gasteiger partial charge is 0.504 e. The zero-order valence-corrected chi connectivity index (χ0v) is 16.1. The first kappa shape index (κ1) is 19.9. The Hall–Kier alpha value is -0.163. The summed E-state index contributed by atoms with van der Waals surface area (Å²) in [5, 5.41) is 0. The van der Waals surface area contributed by atoms with E-state index in [2.05, 4.69) is 40.3 Å². The second-order valence-electron chi connectivity index (χ2n) is 6.65. The molecule has 0 radical (unpaired) electrons. The molecule has 1 fully saturated rings. The number of hydrogen-bond donors (Lipinski definition) is 0. The van der Waals surface area contributed by atoms with Gasteiger partial charge in [0, 0.05) is 25.4 Å². The van der Waals surface area contributed by atoms with Gasteiger partial charge in [0.05, 0.1) is 0 Å². The molecule has 3 nitrogen and oxygen atoms in total. The number of rotatable bonds is 11. The van der Waals surface area contributed by atoms with Crippen molar-refractivity contribution < 1.29 is 13.3 Å². The van der Waals surface area contributed by atoms with Gasteiger partial charge in [-0.15, -0.1) is 6.58 Å². The van der Waals surface area contributed by atoms with Crippen LogP contribution < -0.4 is 0 Å². The normalized spacial score (nSPS) is 26.1. The second kappa shape index (κ2) is 10.6. The summed E-state index contributed by atoms with van der Waals surface area (Å²) in [5.74, 6) is 1.26. The van der Waals surface area contributed by atoms with Crippen LogP contribution in [0.5, 0.6) is 0 Å². The van der Waals surface area contributed by atoms with Crippen LogP contribution in [0.15, 0.2) is 12.7 Å². The van der Waals surface area contributed by atoms with E-state index in [1.807, 2.05) is 0 Å². The van der Waals surface area contributed by atoms with Gasteiger partial charge in [-0.05, 0) is 50.4 Å². The Morgan fingerprint density at radius 2 is 1.41 bits per heavy atom. The van der Waals surface area contributed by atoms with Crippen molar-refractivity contribution in [3.63, 3.8) is 0 Å². The van der Waals surface area contributed by atoms with E-state index in [1.54, 1.807) is 0 Å². The van der Waals surface area contributed by atoms with Gasteiger partial charge < -0.3 is 13.3 Å². The first-order valence-corrected chi connectivity index (χ1v) is 11.0. The summed E-state index contributed by atoms with van der Waals surface area (Å²) in [4.78, 5) is 0. The van der Waals surface area contributed by atoms with Crippen molar-refractivity contribution in [3.8, 4) is 0 Å². The van der Waals surface area contributed by atoms with E-state index in [1.165, 1.54) is 6.42 Å². The molecule has 1 aliphatic carbocycles.